The Morgan fingerprint density at radius 2 is 1.81 bits per heavy atom. The third kappa shape index (κ3) is 5.24. The van der Waals surface area contributed by atoms with Crippen LogP contribution in [0.4, 0.5) is 4.79 Å². The van der Waals surface area contributed by atoms with Gasteiger partial charge >= 0.3 is 6.03 Å². The summed E-state index contributed by atoms with van der Waals surface area (Å²) in [4.78, 5) is 12.0. The molecule has 0 aliphatic heterocycles. The highest BCUT2D eigenvalue weighted by molar-refractivity contribution is 9.10. The predicted octanol–water partition coefficient (Wildman–Crippen LogP) is 3.61. The van der Waals surface area contributed by atoms with E-state index in [1.165, 1.54) is 0 Å². The second-order valence-corrected chi connectivity index (χ2v) is 6.11. The minimum atomic E-state index is -0.669. The van der Waals surface area contributed by atoms with Gasteiger partial charge < -0.3 is 5.73 Å². The molecular formula is C15H14BrN3OS. The zero-order valence-corrected chi connectivity index (χ0v) is 13.5. The largest absolute Gasteiger partial charge is 0.350 e. The lowest BCUT2D eigenvalue weighted by Crippen LogP contribution is -2.26. The Balaban J connectivity index is 2.11. The molecule has 0 aromatic heterocycles. The molecule has 0 radical (unpaired) electrons. The zero-order valence-electron chi connectivity index (χ0n) is 11.1. The molecular weight excluding hydrogens is 350 g/mol. The maximum atomic E-state index is 10.8. The number of primary amides is 1. The molecule has 6 heteroatoms. The van der Waals surface area contributed by atoms with Crippen molar-refractivity contribution < 1.29 is 4.79 Å². The van der Waals surface area contributed by atoms with Gasteiger partial charge in [-0.15, -0.1) is 11.8 Å². The average molecular weight is 364 g/mol. The molecule has 0 heterocycles. The summed E-state index contributed by atoms with van der Waals surface area (Å²) in [5, 5.41) is 4.09. The van der Waals surface area contributed by atoms with Crippen molar-refractivity contribution in [1.29, 1.82) is 0 Å². The molecule has 0 aliphatic rings. The number of nitrogens with zero attached hydrogens (tertiary/aromatic N) is 1. The van der Waals surface area contributed by atoms with Gasteiger partial charge in [0.15, 0.2) is 0 Å². The van der Waals surface area contributed by atoms with Crippen molar-refractivity contribution in [3.8, 4) is 0 Å². The summed E-state index contributed by atoms with van der Waals surface area (Å²) in [6, 6.07) is 17.1. The normalized spacial score (nSPS) is 11.2. The molecule has 108 valence electrons. The molecule has 3 N–H and O–H groups in total. The molecule has 2 aromatic carbocycles. The average Bonchev–Trinajstić information content (AvgIpc) is 2.50. The number of urea groups is 1. The van der Waals surface area contributed by atoms with Crippen LogP contribution >= 0.6 is 27.7 Å². The maximum Gasteiger partial charge on any atom is 0.332 e. The first kappa shape index (κ1) is 15.6. The van der Waals surface area contributed by atoms with Crippen molar-refractivity contribution in [1.82, 2.24) is 5.43 Å². The van der Waals surface area contributed by atoms with E-state index in [0.29, 0.717) is 5.75 Å². The topological polar surface area (TPSA) is 67.5 Å². The third-order valence-electron chi connectivity index (χ3n) is 2.60. The fourth-order valence-corrected chi connectivity index (χ4v) is 2.74. The van der Waals surface area contributed by atoms with Crippen molar-refractivity contribution in [3.05, 3.63) is 64.6 Å². The SMILES string of the molecule is NC(=O)N/N=C(/CSc1ccc(Br)cc1)c1ccccc1. The summed E-state index contributed by atoms with van der Waals surface area (Å²) in [6.07, 6.45) is 0. The lowest BCUT2D eigenvalue weighted by atomic mass is 10.1. The number of carbonyl (C=O) groups excluding carboxylic acids is 1. The minimum absolute atomic E-state index is 0.631. The van der Waals surface area contributed by atoms with Crippen molar-refractivity contribution in [3.63, 3.8) is 0 Å². The van der Waals surface area contributed by atoms with Crippen LogP contribution in [0.3, 0.4) is 0 Å². The van der Waals surface area contributed by atoms with Gasteiger partial charge in [0.05, 0.1) is 5.71 Å². The first-order chi connectivity index (χ1) is 10.1. The standard InChI is InChI=1S/C15H14BrN3OS/c16-12-6-8-13(9-7-12)21-10-14(18-19-15(17)20)11-4-2-1-3-5-11/h1-9H,10H2,(H3,17,19,20)/b18-14-. The first-order valence-corrected chi connectivity index (χ1v) is 7.99. The van der Waals surface area contributed by atoms with Crippen LogP contribution in [0.1, 0.15) is 5.56 Å². The molecule has 0 saturated heterocycles. The summed E-state index contributed by atoms with van der Waals surface area (Å²) >= 11 is 5.05. The molecule has 4 nitrogen and oxygen atoms in total. The second-order valence-electron chi connectivity index (χ2n) is 4.14. The van der Waals surface area contributed by atoms with Gasteiger partial charge in [-0.05, 0) is 29.8 Å². The Labute approximate surface area is 135 Å². The number of nitrogens with two attached hydrogens (primary N) is 1. The number of carbonyl (C=O) groups is 1. The van der Waals surface area contributed by atoms with E-state index in [1.807, 2.05) is 54.6 Å². The second kappa shape index (κ2) is 7.85. The molecule has 0 saturated carbocycles. The van der Waals surface area contributed by atoms with Gasteiger partial charge in [0.1, 0.15) is 0 Å². The molecule has 2 rings (SSSR count). The molecule has 2 aromatic rings. The minimum Gasteiger partial charge on any atom is -0.350 e. The molecule has 0 fully saturated rings. The lowest BCUT2D eigenvalue weighted by molar-refractivity contribution is 0.249. The smallest absolute Gasteiger partial charge is 0.332 e. The number of benzene rings is 2. The third-order valence-corrected chi connectivity index (χ3v) is 4.15. The molecule has 0 aliphatic carbocycles. The molecule has 0 spiro atoms. The number of hydrogen-bond acceptors (Lipinski definition) is 3. The number of halogens is 1. The van der Waals surface area contributed by atoms with Gasteiger partial charge in [-0.1, -0.05) is 46.3 Å². The summed E-state index contributed by atoms with van der Waals surface area (Å²) in [5.41, 5.74) is 9.09. The monoisotopic (exact) mass is 363 g/mol. The van der Waals surface area contributed by atoms with Crippen LogP contribution in [-0.4, -0.2) is 17.5 Å². The van der Waals surface area contributed by atoms with E-state index in [9.17, 15) is 4.79 Å². The van der Waals surface area contributed by atoms with E-state index in [2.05, 4.69) is 26.5 Å². The lowest BCUT2D eigenvalue weighted by Gasteiger charge is -2.07. The Hall–Kier alpha value is -1.79. The van der Waals surface area contributed by atoms with E-state index in [0.717, 1.165) is 20.6 Å². The molecule has 0 unspecified atom stereocenters. The van der Waals surface area contributed by atoms with Gasteiger partial charge in [-0.25, -0.2) is 10.2 Å². The van der Waals surface area contributed by atoms with Crippen LogP contribution < -0.4 is 11.2 Å². The van der Waals surface area contributed by atoms with Crippen LogP contribution in [0.15, 0.2) is 69.1 Å². The number of nitrogens with one attached hydrogen (secondary N) is 1. The van der Waals surface area contributed by atoms with Crippen molar-refractivity contribution >= 4 is 39.4 Å². The van der Waals surface area contributed by atoms with Crippen LogP contribution in [0.5, 0.6) is 0 Å². The Morgan fingerprint density at radius 1 is 1.14 bits per heavy atom. The molecule has 0 atom stereocenters. The Bertz CT molecular complexity index is 629. The van der Waals surface area contributed by atoms with Crippen molar-refractivity contribution in [2.24, 2.45) is 10.8 Å². The van der Waals surface area contributed by atoms with Crippen molar-refractivity contribution in [2.75, 3.05) is 5.75 Å². The fraction of sp³-hybridized carbons (Fsp3) is 0.0667. The van der Waals surface area contributed by atoms with E-state index in [4.69, 9.17) is 5.73 Å². The van der Waals surface area contributed by atoms with Gasteiger partial charge in [0, 0.05) is 15.1 Å². The summed E-state index contributed by atoms with van der Waals surface area (Å²) < 4.78 is 1.04. The van der Waals surface area contributed by atoms with E-state index < -0.39 is 6.03 Å². The van der Waals surface area contributed by atoms with Gasteiger partial charge in [-0.2, -0.15) is 5.10 Å². The molecule has 2 amide bonds. The first-order valence-electron chi connectivity index (χ1n) is 6.21. The number of hydrogen-bond donors (Lipinski definition) is 2. The number of amides is 2. The van der Waals surface area contributed by atoms with Gasteiger partial charge in [0.2, 0.25) is 0 Å². The maximum absolute atomic E-state index is 10.8. The number of rotatable bonds is 5. The number of thioether (sulfide) groups is 1. The van der Waals surface area contributed by atoms with Crippen LogP contribution in [0, 0.1) is 0 Å². The summed E-state index contributed by atoms with van der Waals surface area (Å²) in [6.45, 7) is 0. The Morgan fingerprint density at radius 3 is 2.43 bits per heavy atom. The Kier molecular flexibility index (Phi) is 5.83. The van der Waals surface area contributed by atoms with Crippen LogP contribution in [0.25, 0.3) is 0 Å². The highest BCUT2D eigenvalue weighted by Gasteiger charge is 2.05. The fourth-order valence-electron chi connectivity index (χ4n) is 1.62. The zero-order chi connectivity index (χ0) is 15.1. The molecule has 0 bridgehead atoms. The van der Waals surface area contributed by atoms with Crippen LogP contribution in [-0.2, 0) is 0 Å². The predicted molar refractivity (Wildman–Crippen MR) is 90.6 cm³/mol. The summed E-state index contributed by atoms with van der Waals surface area (Å²) in [7, 11) is 0. The quantitative estimate of drug-likeness (QED) is 0.484. The van der Waals surface area contributed by atoms with Crippen LogP contribution in [0.2, 0.25) is 0 Å². The summed E-state index contributed by atoms with van der Waals surface area (Å²) in [5.74, 6) is 0.631. The molecule has 21 heavy (non-hydrogen) atoms. The van der Waals surface area contributed by atoms with E-state index >= 15 is 0 Å². The highest BCUT2D eigenvalue weighted by atomic mass is 79.9. The van der Waals surface area contributed by atoms with E-state index in [1.54, 1.807) is 11.8 Å². The van der Waals surface area contributed by atoms with Crippen molar-refractivity contribution in [2.45, 2.75) is 4.90 Å². The van der Waals surface area contributed by atoms with Gasteiger partial charge in [0.25, 0.3) is 0 Å². The van der Waals surface area contributed by atoms with Gasteiger partial charge in [-0.3, -0.25) is 0 Å². The van der Waals surface area contributed by atoms with E-state index in [-0.39, 0.29) is 0 Å². The number of hydrazone groups is 1. The highest BCUT2D eigenvalue weighted by Crippen LogP contribution is 2.21.